The van der Waals surface area contributed by atoms with Gasteiger partial charge in [-0.2, -0.15) is 0 Å². The quantitative estimate of drug-likeness (QED) is 0.212. The molecule has 0 radical (unpaired) electrons. The molecule has 0 bridgehead atoms. The first kappa shape index (κ1) is 30.7. The Kier molecular flexibility index (Phi) is 13.5. The Hall–Kier alpha value is -2.55. The summed E-state index contributed by atoms with van der Waals surface area (Å²) in [5, 5.41) is 9.08. The lowest BCUT2D eigenvalue weighted by Crippen LogP contribution is -2.39. The van der Waals surface area contributed by atoms with E-state index in [1.54, 1.807) is 11.5 Å². The molecule has 0 aliphatic heterocycles. The third-order valence-corrected chi connectivity index (χ3v) is 7.18. The van der Waals surface area contributed by atoms with Crippen LogP contribution in [0.5, 0.6) is 0 Å². The topological polar surface area (TPSA) is 89.5 Å². The van der Waals surface area contributed by atoms with Crippen LogP contribution >= 0.6 is 11.3 Å². The van der Waals surface area contributed by atoms with Gasteiger partial charge in [-0.25, -0.2) is 4.98 Å². The Morgan fingerprint density at radius 3 is 2.51 bits per heavy atom. The van der Waals surface area contributed by atoms with Gasteiger partial charge in [0, 0.05) is 24.1 Å². The van der Waals surface area contributed by atoms with E-state index in [0.29, 0.717) is 31.1 Å². The number of aromatic nitrogens is 1. The fourth-order valence-electron chi connectivity index (χ4n) is 4.15. The highest BCUT2D eigenvalue weighted by molar-refractivity contribution is 7.09. The van der Waals surface area contributed by atoms with Gasteiger partial charge in [0.1, 0.15) is 23.4 Å². The van der Waals surface area contributed by atoms with Gasteiger partial charge in [0.2, 0.25) is 0 Å². The van der Waals surface area contributed by atoms with E-state index in [0.717, 1.165) is 23.4 Å². The first-order valence-corrected chi connectivity index (χ1v) is 14.0. The molecule has 0 aliphatic carbocycles. The minimum absolute atomic E-state index is 0.174. The highest BCUT2D eigenvalue weighted by Gasteiger charge is 2.26. The van der Waals surface area contributed by atoms with Gasteiger partial charge in [-0.3, -0.25) is 9.59 Å². The maximum Gasteiger partial charge on any atom is 0.309 e. The van der Waals surface area contributed by atoms with Crippen molar-refractivity contribution in [3.63, 3.8) is 0 Å². The molecule has 0 saturated carbocycles. The molecule has 37 heavy (non-hydrogen) atoms. The van der Waals surface area contributed by atoms with Gasteiger partial charge in [-0.1, -0.05) is 70.7 Å². The van der Waals surface area contributed by atoms with E-state index in [2.05, 4.69) is 43.0 Å². The number of thiazole rings is 1. The van der Waals surface area contributed by atoms with Crippen molar-refractivity contribution in [2.24, 2.45) is 11.8 Å². The van der Waals surface area contributed by atoms with Crippen LogP contribution in [0.15, 0.2) is 48.4 Å². The number of benzene rings is 1. The van der Waals surface area contributed by atoms with Crippen molar-refractivity contribution in [2.45, 2.75) is 71.6 Å². The molecule has 1 amide bonds. The van der Waals surface area contributed by atoms with E-state index in [9.17, 15) is 9.59 Å². The molecule has 204 valence electrons. The van der Waals surface area contributed by atoms with Crippen LogP contribution in [0.1, 0.15) is 74.1 Å². The molecule has 0 aliphatic rings. The lowest BCUT2D eigenvalue weighted by atomic mass is 9.96. The van der Waals surface area contributed by atoms with Crippen LogP contribution in [0.3, 0.4) is 0 Å². The molecular weight excluding hydrogens is 486 g/mol. The Bertz CT molecular complexity index is 963. The van der Waals surface area contributed by atoms with Crippen molar-refractivity contribution in [3.05, 3.63) is 64.6 Å². The number of nitrogens with one attached hydrogen (secondary N) is 2. The first-order valence-electron chi connectivity index (χ1n) is 13.2. The molecule has 1 aromatic carbocycles. The number of hydrogen-bond donors (Lipinski definition) is 2. The van der Waals surface area contributed by atoms with E-state index in [1.807, 2.05) is 44.3 Å². The smallest absolute Gasteiger partial charge is 0.309 e. The summed E-state index contributed by atoms with van der Waals surface area (Å²) in [7, 11) is 1.96. The SMILES string of the molecule is C=CCOC(=O)[C@@H](C)C[C@H](Cc1ccccc1)NC(=O)c1csc([C@@H](C[C@@H](NC)C(C)C)OCCC)n1. The minimum atomic E-state index is -0.374. The van der Waals surface area contributed by atoms with Gasteiger partial charge in [-0.15, -0.1) is 11.3 Å². The second-order valence-electron chi connectivity index (χ2n) is 9.72. The molecular formula is C29H43N3O4S. The second kappa shape index (κ2) is 16.3. The fourth-order valence-corrected chi connectivity index (χ4v) is 5.01. The zero-order valence-electron chi connectivity index (χ0n) is 22.9. The molecule has 8 heteroatoms. The highest BCUT2D eigenvalue weighted by Crippen LogP contribution is 2.28. The van der Waals surface area contributed by atoms with Gasteiger partial charge in [0.25, 0.3) is 5.91 Å². The summed E-state index contributed by atoms with van der Waals surface area (Å²) in [6, 6.07) is 9.95. The summed E-state index contributed by atoms with van der Waals surface area (Å²) in [5.74, 6) is -0.484. The van der Waals surface area contributed by atoms with E-state index >= 15 is 0 Å². The van der Waals surface area contributed by atoms with Crippen LogP contribution in [0, 0.1) is 11.8 Å². The van der Waals surface area contributed by atoms with Crippen LogP contribution in [0.4, 0.5) is 0 Å². The van der Waals surface area contributed by atoms with Gasteiger partial charge < -0.3 is 20.1 Å². The number of nitrogens with zero attached hydrogens (tertiary/aromatic N) is 1. The van der Waals surface area contributed by atoms with Crippen LogP contribution in [0.2, 0.25) is 0 Å². The van der Waals surface area contributed by atoms with Crippen LogP contribution < -0.4 is 10.6 Å². The van der Waals surface area contributed by atoms with Gasteiger partial charge in [0.15, 0.2) is 0 Å². The summed E-state index contributed by atoms with van der Waals surface area (Å²) >= 11 is 1.45. The predicted octanol–water partition coefficient (Wildman–Crippen LogP) is 5.34. The molecule has 0 fully saturated rings. The normalized spacial score (nSPS) is 14.5. The average Bonchev–Trinajstić information content (AvgIpc) is 3.38. The molecule has 7 nitrogen and oxygen atoms in total. The van der Waals surface area contributed by atoms with E-state index in [-0.39, 0.29) is 42.6 Å². The number of rotatable bonds is 17. The van der Waals surface area contributed by atoms with Crippen LogP contribution in [-0.4, -0.2) is 49.2 Å². The number of ether oxygens (including phenoxy) is 2. The molecule has 0 saturated heterocycles. The van der Waals surface area contributed by atoms with Crippen molar-refractivity contribution in [2.75, 3.05) is 20.3 Å². The first-order chi connectivity index (χ1) is 17.8. The molecule has 2 rings (SSSR count). The van der Waals surface area contributed by atoms with Gasteiger partial charge >= 0.3 is 5.97 Å². The lowest BCUT2D eigenvalue weighted by molar-refractivity contribution is -0.147. The average molecular weight is 530 g/mol. The van der Waals surface area contributed by atoms with Crippen molar-refractivity contribution in [1.82, 2.24) is 15.6 Å². The van der Waals surface area contributed by atoms with Crippen LogP contribution in [-0.2, 0) is 20.7 Å². The molecule has 0 unspecified atom stereocenters. The van der Waals surface area contributed by atoms with E-state index < -0.39 is 0 Å². The predicted molar refractivity (Wildman–Crippen MR) is 150 cm³/mol. The zero-order chi connectivity index (χ0) is 27.2. The standard InChI is InChI=1S/C29H43N3O4S/c1-7-14-35-26(18-24(30-6)20(3)4)28-32-25(19-37-28)27(33)31-23(17-22-12-10-9-11-13-22)16-21(5)29(34)36-15-8-2/h8-13,19-21,23-24,26,30H,2,7,14-18H2,1,3-6H3,(H,31,33)/t21-,23+,24+,26+/m0/s1. The summed E-state index contributed by atoms with van der Waals surface area (Å²) in [6.07, 6.45) is 4.12. The highest BCUT2D eigenvalue weighted by atomic mass is 32.1. The van der Waals surface area contributed by atoms with Crippen LogP contribution in [0.25, 0.3) is 0 Å². The van der Waals surface area contributed by atoms with Gasteiger partial charge in [-0.05, 0) is 44.2 Å². The summed E-state index contributed by atoms with van der Waals surface area (Å²) in [4.78, 5) is 30.3. The Balaban J connectivity index is 2.16. The maximum absolute atomic E-state index is 13.3. The zero-order valence-corrected chi connectivity index (χ0v) is 23.7. The van der Waals surface area contributed by atoms with Crippen molar-refractivity contribution >= 4 is 23.2 Å². The molecule has 1 heterocycles. The second-order valence-corrected chi connectivity index (χ2v) is 10.6. The third-order valence-electron chi connectivity index (χ3n) is 6.24. The summed E-state index contributed by atoms with van der Waals surface area (Å²) in [6.45, 7) is 12.7. The monoisotopic (exact) mass is 529 g/mol. The lowest BCUT2D eigenvalue weighted by Gasteiger charge is -2.25. The van der Waals surface area contributed by atoms with Crippen molar-refractivity contribution in [3.8, 4) is 0 Å². The third kappa shape index (κ3) is 10.4. The number of amides is 1. The molecule has 2 aromatic rings. The number of carbonyl (C=O) groups excluding carboxylic acids is 2. The Morgan fingerprint density at radius 2 is 1.89 bits per heavy atom. The van der Waals surface area contributed by atoms with Crippen molar-refractivity contribution in [1.29, 1.82) is 0 Å². The minimum Gasteiger partial charge on any atom is -0.461 e. The maximum atomic E-state index is 13.3. The summed E-state index contributed by atoms with van der Waals surface area (Å²) < 4.78 is 11.4. The molecule has 4 atom stereocenters. The number of hydrogen-bond acceptors (Lipinski definition) is 7. The summed E-state index contributed by atoms with van der Waals surface area (Å²) in [5.41, 5.74) is 1.45. The molecule has 0 spiro atoms. The Morgan fingerprint density at radius 1 is 1.16 bits per heavy atom. The van der Waals surface area contributed by atoms with Gasteiger partial charge in [0.05, 0.1) is 5.92 Å². The number of esters is 1. The molecule has 2 N–H and O–H groups in total. The Labute approximate surface area is 226 Å². The van der Waals surface area contributed by atoms with Crippen molar-refractivity contribution < 1.29 is 19.1 Å². The van der Waals surface area contributed by atoms with E-state index in [1.165, 1.54) is 11.3 Å². The number of carbonyl (C=O) groups is 2. The molecule has 1 aromatic heterocycles. The largest absolute Gasteiger partial charge is 0.461 e. The van der Waals surface area contributed by atoms with E-state index in [4.69, 9.17) is 9.47 Å². The fraction of sp³-hybridized carbons (Fsp3) is 0.552.